The molecule has 0 saturated heterocycles. The Morgan fingerprint density at radius 1 is 1.22 bits per heavy atom. The molecule has 9 heavy (non-hydrogen) atoms. The zero-order valence-corrected chi connectivity index (χ0v) is 5.53. The molecule has 0 spiro atoms. The average molecular weight is 146 g/mol. The van der Waals surface area contributed by atoms with Crippen LogP contribution in [0, 0.1) is 0 Å². The van der Waals surface area contributed by atoms with Gasteiger partial charge in [0.2, 0.25) is 0 Å². The van der Waals surface area contributed by atoms with E-state index in [4.69, 9.17) is 9.79 Å². The quantitative estimate of drug-likeness (QED) is 0.534. The first-order valence-electron chi connectivity index (χ1n) is 2.51. The van der Waals surface area contributed by atoms with Crippen LogP contribution in [0.2, 0.25) is 0 Å². The van der Waals surface area contributed by atoms with E-state index in [0.717, 1.165) is 0 Å². The summed E-state index contributed by atoms with van der Waals surface area (Å²) in [5.41, 5.74) is -0.683. The minimum absolute atomic E-state index is 0.683. The van der Waals surface area contributed by atoms with Crippen molar-refractivity contribution in [2.24, 2.45) is 0 Å². The van der Waals surface area contributed by atoms with E-state index in [-0.39, 0.29) is 0 Å². The lowest BCUT2D eigenvalue weighted by Crippen LogP contribution is -1.96. The molecule has 0 bridgehead atoms. The molecule has 0 atom stereocenters. The molecule has 0 aromatic rings. The Kier molecular flexibility index (Phi) is 1.58. The Labute approximate surface area is 52.9 Å². The van der Waals surface area contributed by atoms with Gasteiger partial charge in [0, 0.05) is 0 Å². The Balaban J connectivity index is 2.76. The van der Waals surface area contributed by atoms with E-state index in [2.05, 4.69) is 0 Å². The zero-order valence-electron chi connectivity index (χ0n) is 4.64. The molecule has 0 saturated carbocycles. The molecule has 1 rings (SSSR count). The second-order valence-electron chi connectivity index (χ2n) is 1.85. The van der Waals surface area contributed by atoms with Crippen LogP contribution in [0.25, 0.3) is 0 Å². The topological polar surface area (TPSA) is 57.5 Å². The van der Waals surface area contributed by atoms with Crippen LogP contribution in [0.4, 0.5) is 0 Å². The maximum Gasteiger partial charge on any atom is 0.336 e. The Hall–Kier alpha value is -0.370. The number of rotatable bonds is 1. The Bertz CT molecular complexity index is 188. The van der Waals surface area contributed by atoms with Gasteiger partial charge in [-0.3, -0.25) is 4.57 Å². The lowest BCUT2D eigenvalue weighted by molar-refractivity contribution is 0.371. The molecule has 0 aromatic carbocycles. The molecule has 0 heterocycles. The molecular formula is C5H7O3P. The summed E-state index contributed by atoms with van der Waals surface area (Å²) >= 11 is 0. The molecule has 0 amide bonds. The first kappa shape index (κ1) is 6.75. The van der Waals surface area contributed by atoms with Crippen molar-refractivity contribution < 1.29 is 14.4 Å². The summed E-state index contributed by atoms with van der Waals surface area (Å²) in [6.45, 7) is 0. The maximum atomic E-state index is 10.4. The summed E-state index contributed by atoms with van der Waals surface area (Å²) in [5, 5.41) is 0. The third-order valence-corrected chi connectivity index (χ3v) is 2.24. The first-order chi connectivity index (χ1) is 4.11. The predicted molar refractivity (Wildman–Crippen MR) is 34.1 cm³/mol. The van der Waals surface area contributed by atoms with E-state index in [0.29, 0.717) is 0 Å². The average Bonchev–Trinajstić information content (AvgIpc) is 2.08. The van der Waals surface area contributed by atoms with Crippen molar-refractivity contribution in [3.05, 3.63) is 24.3 Å². The molecule has 3 nitrogen and oxygen atoms in total. The standard InChI is InChI=1S/C5H7O3P/c6-9(7,8)5-3-1-2-4-5/h1-5H,(H2,6,7,8). The molecule has 0 unspecified atom stereocenters. The second-order valence-corrected chi connectivity index (χ2v) is 3.62. The van der Waals surface area contributed by atoms with Gasteiger partial charge in [0.25, 0.3) is 0 Å². The fourth-order valence-electron chi connectivity index (χ4n) is 0.644. The molecule has 4 heteroatoms. The minimum Gasteiger partial charge on any atom is -0.324 e. The molecule has 2 N–H and O–H groups in total. The van der Waals surface area contributed by atoms with Crippen LogP contribution in [0.5, 0.6) is 0 Å². The van der Waals surface area contributed by atoms with Gasteiger partial charge in [0.1, 0.15) is 0 Å². The molecule has 0 radical (unpaired) electrons. The van der Waals surface area contributed by atoms with Crippen LogP contribution >= 0.6 is 7.60 Å². The van der Waals surface area contributed by atoms with Gasteiger partial charge in [-0.05, 0) is 0 Å². The number of hydrogen-bond acceptors (Lipinski definition) is 1. The Morgan fingerprint density at radius 3 is 1.89 bits per heavy atom. The molecule has 1 aliphatic rings. The predicted octanol–water partition coefficient (Wildman–Crippen LogP) is 0.659. The third-order valence-electron chi connectivity index (χ3n) is 1.12. The van der Waals surface area contributed by atoms with E-state index in [9.17, 15) is 4.57 Å². The van der Waals surface area contributed by atoms with Crippen molar-refractivity contribution in [3.63, 3.8) is 0 Å². The molecule has 0 fully saturated rings. The van der Waals surface area contributed by atoms with Crippen LogP contribution in [0.15, 0.2) is 24.3 Å². The fourth-order valence-corrected chi connectivity index (χ4v) is 1.29. The van der Waals surface area contributed by atoms with E-state index < -0.39 is 13.3 Å². The fraction of sp³-hybridized carbons (Fsp3) is 0.200. The smallest absolute Gasteiger partial charge is 0.324 e. The SMILES string of the molecule is O=P(O)(O)C1C=CC=C1. The largest absolute Gasteiger partial charge is 0.336 e. The van der Waals surface area contributed by atoms with Gasteiger partial charge in [0.05, 0.1) is 5.66 Å². The van der Waals surface area contributed by atoms with Gasteiger partial charge < -0.3 is 9.79 Å². The monoisotopic (exact) mass is 146 g/mol. The molecule has 0 aromatic heterocycles. The van der Waals surface area contributed by atoms with Crippen molar-refractivity contribution in [1.82, 2.24) is 0 Å². The molecule has 50 valence electrons. The van der Waals surface area contributed by atoms with Crippen molar-refractivity contribution in [2.75, 3.05) is 0 Å². The normalized spacial score (nSPS) is 19.3. The molecule has 0 aliphatic heterocycles. The Morgan fingerprint density at radius 2 is 1.67 bits per heavy atom. The minimum atomic E-state index is -3.89. The van der Waals surface area contributed by atoms with Crippen LogP contribution < -0.4 is 0 Å². The number of hydrogen-bond donors (Lipinski definition) is 2. The van der Waals surface area contributed by atoms with E-state index >= 15 is 0 Å². The second kappa shape index (κ2) is 2.10. The highest BCUT2D eigenvalue weighted by Gasteiger charge is 2.24. The van der Waals surface area contributed by atoms with Crippen molar-refractivity contribution >= 4 is 7.60 Å². The summed E-state index contributed by atoms with van der Waals surface area (Å²) in [4.78, 5) is 17.1. The van der Waals surface area contributed by atoms with Gasteiger partial charge in [-0.25, -0.2) is 0 Å². The van der Waals surface area contributed by atoms with Gasteiger partial charge in [0.15, 0.2) is 0 Å². The van der Waals surface area contributed by atoms with Gasteiger partial charge in [-0.15, -0.1) is 0 Å². The summed E-state index contributed by atoms with van der Waals surface area (Å²) in [5.74, 6) is 0. The van der Waals surface area contributed by atoms with Crippen molar-refractivity contribution in [2.45, 2.75) is 5.66 Å². The summed E-state index contributed by atoms with van der Waals surface area (Å²) in [6.07, 6.45) is 6.23. The third kappa shape index (κ3) is 1.52. The summed E-state index contributed by atoms with van der Waals surface area (Å²) < 4.78 is 10.4. The molecule has 1 aliphatic carbocycles. The maximum absolute atomic E-state index is 10.4. The highest BCUT2D eigenvalue weighted by Crippen LogP contribution is 2.43. The zero-order chi connectivity index (χ0) is 6.91. The van der Waals surface area contributed by atoms with E-state index in [1.54, 1.807) is 12.2 Å². The van der Waals surface area contributed by atoms with Crippen molar-refractivity contribution in [3.8, 4) is 0 Å². The van der Waals surface area contributed by atoms with Gasteiger partial charge >= 0.3 is 7.60 Å². The van der Waals surface area contributed by atoms with E-state index in [1.807, 2.05) is 0 Å². The first-order valence-corrected chi connectivity index (χ1v) is 4.19. The summed E-state index contributed by atoms with van der Waals surface area (Å²) in [7, 11) is -3.89. The molecular weight excluding hydrogens is 139 g/mol. The van der Waals surface area contributed by atoms with Crippen molar-refractivity contribution in [1.29, 1.82) is 0 Å². The van der Waals surface area contributed by atoms with Gasteiger partial charge in [-0.1, -0.05) is 24.3 Å². The number of allylic oxidation sites excluding steroid dienone is 4. The van der Waals surface area contributed by atoms with Crippen LogP contribution in [-0.2, 0) is 4.57 Å². The van der Waals surface area contributed by atoms with E-state index in [1.165, 1.54) is 12.2 Å². The summed E-state index contributed by atoms with van der Waals surface area (Å²) in [6, 6.07) is 0. The lowest BCUT2D eigenvalue weighted by Gasteiger charge is -2.05. The lowest BCUT2D eigenvalue weighted by atomic mass is 10.5. The highest BCUT2D eigenvalue weighted by atomic mass is 31.2. The van der Waals surface area contributed by atoms with Crippen LogP contribution in [0.3, 0.4) is 0 Å². The highest BCUT2D eigenvalue weighted by molar-refractivity contribution is 7.53. The van der Waals surface area contributed by atoms with Crippen LogP contribution in [-0.4, -0.2) is 15.4 Å². The van der Waals surface area contributed by atoms with Gasteiger partial charge in [-0.2, -0.15) is 0 Å². The van der Waals surface area contributed by atoms with Crippen LogP contribution in [0.1, 0.15) is 0 Å².